The fourth-order valence-corrected chi connectivity index (χ4v) is 9.65. The van der Waals surface area contributed by atoms with Gasteiger partial charge in [-0.1, -0.05) is 101 Å². The summed E-state index contributed by atoms with van der Waals surface area (Å²) in [6.45, 7) is 11.7. The summed E-state index contributed by atoms with van der Waals surface area (Å²) in [7, 11) is 1.54. The second-order valence-corrected chi connectivity index (χ2v) is 21.4. The number of amides is 4. The maximum Gasteiger partial charge on any atom is 0.413 e. The second-order valence-electron chi connectivity index (χ2n) is 18.7. The van der Waals surface area contributed by atoms with Gasteiger partial charge in [0, 0.05) is 23.5 Å². The number of nitrogens with one attached hydrogen (secondary N) is 3. The van der Waals surface area contributed by atoms with Crippen LogP contribution in [0.15, 0.2) is 126 Å². The van der Waals surface area contributed by atoms with Gasteiger partial charge in [0.1, 0.15) is 50.7 Å². The lowest BCUT2D eigenvalue weighted by atomic mass is 10.0. The molecule has 4 heterocycles. The molecular formula is C52H55ClN7O12S2+. The number of oxime groups is 1. The molecule has 5 aromatic rings. The number of thiazole rings is 1. The number of fused-ring (bicyclic) bond motifs is 1. The number of halogens is 1. The molecular weight excluding hydrogens is 1010 g/mol. The maximum atomic E-state index is 14.5. The van der Waals surface area contributed by atoms with Gasteiger partial charge in [-0.15, -0.1) is 11.8 Å². The number of thioether (sulfide) groups is 1. The van der Waals surface area contributed by atoms with E-state index in [1.54, 1.807) is 94.9 Å². The lowest BCUT2D eigenvalue weighted by molar-refractivity contribution is -0.688. The standard InChI is InChI=1S/C52H54ClN7O12S2/c1-30(46(63)69-41(32-15-11-9-12-16-32)33-17-13-10-14-18-33)72-58-38(37-42(53)74-48(56-37)57-50(66)71-52(5,6)7)43(61)55-39-44(62)60-40(47(64)68-28-31-19-21-36(67-8)22-20-31)34(29-73-45(39)60)27-59-25-23-35(24-26-59)54-49(65)70-51(2,3)4/h9-26,30,39,41,45H,27-29H2,1-8H3,(H2,55,56,57,61,66)/p+1/b58-38-/t30-,39?,45?/m1/s1. The van der Waals surface area contributed by atoms with E-state index in [0.29, 0.717) is 33.7 Å². The second kappa shape index (κ2) is 23.6. The molecule has 2 aliphatic heterocycles. The van der Waals surface area contributed by atoms with Gasteiger partial charge in [0.2, 0.25) is 6.10 Å². The summed E-state index contributed by atoms with van der Waals surface area (Å²) >= 11 is 8.76. The predicted octanol–water partition coefficient (Wildman–Crippen LogP) is 8.33. The topological polar surface area (TPSA) is 226 Å². The lowest BCUT2D eigenvalue weighted by Gasteiger charge is -2.49. The normalized spacial score (nSPS) is 16.0. The average molecular weight is 1070 g/mol. The van der Waals surface area contributed by atoms with Crippen LogP contribution < -0.4 is 25.3 Å². The Morgan fingerprint density at radius 3 is 2.03 bits per heavy atom. The molecule has 7 rings (SSSR count). The van der Waals surface area contributed by atoms with Gasteiger partial charge in [0.25, 0.3) is 11.8 Å². The summed E-state index contributed by atoms with van der Waals surface area (Å²) in [6, 6.07) is 27.2. The summed E-state index contributed by atoms with van der Waals surface area (Å²) in [4.78, 5) is 93.1. The van der Waals surface area contributed by atoms with Gasteiger partial charge in [-0.25, -0.2) is 28.7 Å². The molecule has 19 nitrogen and oxygen atoms in total. The van der Waals surface area contributed by atoms with Crippen LogP contribution in [-0.2, 0) is 56.1 Å². The van der Waals surface area contributed by atoms with E-state index in [1.807, 2.05) is 60.7 Å². The summed E-state index contributed by atoms with van der Waals surface area (Å²) in [5, 5.41) is 11.1. The molecule has 3 aromatic carbocycles. The number of methoxy groups -OCH3 is 1. The molecule has 0 saturated carbocycles. The van der Waals surface area contributed by atoms with Crippen LogP contribution in [0.5, 0.6) is 5.75 Å². The average Bonchev–Trinajstić information content (AvgIpc) is 3.72. The zero-order valence-electron chi connectivity index (χ0n) is 41.7. The highest BCUT2D eigenvalue weighted by Gasteiger charge is 2.55. The van der Waals surface area contributed by atoms with Gasteiger partial charge in [0.15, 0.2) is 35.9 Å². The molecule has 2 unspecified atom stereocenters. The Morgan fingerprint density at radius 2 is 1.45 bits per heavy atom. The van der Waals surface area contributed by atoms with Gasteiger partial charge in [-0.3, -0.25) is 25.1 Å². The van der Waals surface area contributed by atoms with Crippen molar-refractivity contribution in [2.75, 3.05) is 23.5 Å². The monoisotopic (exact) mass is 1070 g/mol. The summed E-state index contributed by atoms with van der Waals surface area (Å²) in [6.07, 6.45) is -0.288. The molecule has 1 saturated heterocycles. The number of aromatic nitrogens is 2. The molecule has 388 valence electrons. The number of β-lactam (4-membered cyclic amide) rings is 1. The third-order valence-corrected chi connectivity index (χ3v) is 13.2. The largest absolute Gasteiger partial charge is 0.497 e. The number of nitrogens with zero attached hydrogens (tertiary/aromatic N) is 4. The van der Waals surface area contributed by atoms with Crippen molar-refractivity contribution in [2.45, 2.75) is 96.4 Å². The smallest absolute Gasteiger partial charge is 0.413 e. The number of hydrogen-bond acceptors (Lipinski definition) is 16. The van der Waals surface area contributed by atoms with E-state index in [-0.39, 0.29) is 39.8 Å². The number of esters is 2. The highest BCUT2D eigenvalue weighted by atomic mass is 35.5. The number of rotatable bonds is 17. The molecule has 2 aliphatic rings. The maximum absolute atomic E-state index is 14.5. The Hall–Kier alpha value is -7.49. The van der Waals surface area contributed by atoms with E-state index in [1.165, 1.54) is 30.7 Å². The fraction of sp³-hybridized carbons (Fsp3) is 0.327. The van der Waals surface area contributed by atoms with Gasteiger partial charge >= 0.3 is 24.1 Å². The molecule has 0 bridgehead atoms. The van der Waals surface area contributed by atoms with Crippen molar-refractivity contribution in [3.8, 4) is 5.75 Å². The van der Waals surface area contributed by atoms with Crippen molar-refractivity contribution in [3.05, 3.63) is 147 Å². The third kappa shape index (κ3) is 14.2. The molecule has 1 fully saturated rings. The predicted molar refractivity (Wildman–Crippen MR) is 276 cm³/mol. The van der Waals surface area contributed by atoms with E-state index < -0.39 is 76.5 Å². The van der Waals surface area contributed by atoms with E-state index >= 15 is 0 Å². The van der Waals surface area contributed by atoms with Crippen molar-refractivity contribution in [1.29, 1.82) is 0 Å². The van der Waals surface area contributed by atoms with Crippen LogP contribution in [0.1, 0.15) is 77.0 Å². The van der Waals surface area contributed by atoms with E-state index in [0.717, 1.165) is 11.3 Å². The Morgan fingerprint density at radius 1 is 0.851 bits per heavy atom. The number of carbonyl (C=O) groups is 6. The third-order valence-electron chi connectivity index (χ3n) is 10.7. The molecule has 4 amide bonds. The lowest BCUT2D eigenvalue weighted by Crippen LogP contribution is -2.71. The summed E-state index contributed by atoms with van der Waals surface area (Å²) < 4.78 is 29.4. The van der Waals surface area contributed by atoms with Crippen LogP contribution in [-0.4, -0.2) is 93.1 Å². The first-order valence-electron chi connectivity index (χ1n) is 23.1. The summed E-state index contributed by atoms with van der Waals surface area (Å²) in [5.74, 6) is -2.39. The molecule has 0 spiro atoms. The highest BCUT2D eigenvalue weighted by Crippen LogP contribution is 2.41. The van der Waals surface area contributed by atoms with Gasteiger partial charge < -0.3 is 33.8 Å². The minimum absolute atomic E-state index is 0.00417. The molecule has 0 radical (unpaired) electrons. The number of carbonyl (C=O) groups excluding carboxylic acids is 6. The van der Waals surface area contributed by atoms with E-state index in [9.17, 15) is 28.8 Å². The van der Waals surface area contributed by atoms with Crippen LogP contribution in [0, 0.1) is 0 Å². The number of ether oxygens (including phenoxy) is 5. The van der Waals surface area contributed by atoms with Crippen molar-refractivity contribution in [3.63, 3.8) is 0 Å². The molecule has 22 heteroatoms. The van der Waals surface area contributed by atoms with Crippen molar-refractivity contribution in [2.24, 2.45) is 5.16 Å². The van der Waals surface area contributed by atoms with Gasteiger partial charge in [-0.05, 0) is 77.3 Å². The van der Waals surface area contributed by atoms with Crippen LogP contribution in [0.3, 0.4) is 0 Å². The molecule has 74 heavy (non-hydrogen) atoms. The van der Waals surface area contributed by atoms with Crippen LogP contribution in [0.25, 0.3) is 0 Å². The first-order chi connectivity index (χ1) is 35.2. The Balaban J connectivity index is 1.14. The number of hydrogen-bond donors (Lipinski definition) is 3. The van der Waals surface area contributed by atoms with Crippen molar-refractivity contribution in [1.82, 2.24) is 15.2 Å². The van der Waals surface area contributed by atoms with E-state index in [4.69, 9.17) is 40.1 Å². The highest BCUT2D eigenvalue weighted by molar-refractivity contribution is 8.00. The SMILES string of the molecule is COc1ccc(COC(=O)C2=C(C[n+]3ccc(NC(=O)OC(C)(C)C)cc3)CSC3C(NC(=O)/C(=N\O[C@H](C)C(=O)OC(c4ccccc4)c4ccccc4)c4nc(NC(=O)OC(C)(C)C)sc4Cl)C(=O)N23)cc1. The van der Waals surface area contributed by atoms with Gasteiger partial charge in [-0.2, -0.15) is 0 Å². The molecule has 3 N–H and O–H groups in total. The Bertz CT molecular complexity index is 2890. The van der Waals surface area contributed by atoms with Crippen LogP contribution >= 0.6 is 34.7 Å². The van der Waals surface area contributed by atoms with Crippen molar-refractivity contribution < 1.29 is 61.9 Å². The Labute approximate surface area is 440 Å². The quantitative estimate of drug-likeness (QED) is 0.0199. The zero-order chi connectivity index (χ0) is 53.3. The molecule has 0 aliphatic carbocycles. The molecule has 3 atom stereocenters. The van der Waals surface area contributed by atoms with Gasteiger partial charge in [0.05, 0.1) is 12.8 Å². The minimum atomic E-state index is -1.40. The Kier molecular flexibility index (Phi) is 17.3. The fourth-order valence-electron chi connectivity index (χ4n) is 7.28. The number of pyridine rings is 1. The van der Waals surface area contributed by atoms with E-state index in [2.05, 4.69) is 26.1 Å². The first-order valence-corrected chi connectivity index (χ1v) is 25.4. The number of anilines is 2. The molecule has 2 aromatic heterocycles. The number of benzene rings is 3. The summed E-state index contributed by atoms with van der Waals surface area (Å²) in [5.41, 5.74) is 0.712. The van der Waals surface area contributed by atoms with Crippen LogP contribution in [0.2, 0.25) is 4.34 Å². The first kappa shape index (κ1) is 54.3. The van der Waals surface area contributed by atoms with Crippen molar-refractivity contribution >= 4 is 87.2 Å². The van der Waals surface area contributed by atoms with Crippen LogP contribution in [0.4, 0.5) is 20.4 Å². The zero-order valence-corrected chi connectivity index (χ0v) is 44.1. The minimum Gasteiger partial charge on any atom is -0.497 e.